The van der Waals surface area contributed by atoms with Crippen molar-refractivity contribution in [2.45, 2.75) is 39.4 Å². The molecule has 0 unspecified atom stereocenters. The Balaban J connectivity index is 2.45. The van der Waals surface area contributed by atoms with E-state index in [2.05, 4.69) is 33.8 Å². The monoisotopic (exact) mass is 276 g/mol. The Morgan fingerprint density at radius 2 is 2.06 bits per heavy atom. The summed E-state index contributed by atoms with van der Waals surface area (Å²) in [6.45, 7) is 9.78. The van der Waals surface area contributed by atoms with Crippen molar-refractivity contribution >= 4 is 16.0 Å². The molecule has 0 saturated carbocycles. The Labute approximate surface area is 110 Å². The first-order valence-corrected chi connectivity index (χ1v) is 7.88. The molecule has 0 atom stereocenters. The molecule has 7 heteroatoms. The molecule has 0 amide bonds. The lowest BCUT2D eigenvalue weighted by atomic mass is 10.1. The van der Waals surface area contributed by atoms with Gasteiger partial charge in [-0.2, -0.15) is 0 Å². The number of hydrogen-bond acceptors (Lipinski definition) is 5. The summed E-state index contributed by atoms with van der Waals surface area (Å²) in [4.78, 5) is 6.34. The van der Waals surface area contributed by atoms with E-state index in [0.29, 0.717) is 25.2 Å². The number of sulfonamides is 1. The van der Waals surface area contributed by atoms with Gasteiger partial charge in [0.05, 0.1) is 18.6 Å². The van der Waals surface area contributed by atoms with Crippen molar-refractivity contribution in [3.05, 3.63) is 0 Å². The molecule has 0 saturated heterocycles. The summed E-state index contributed by atoms with van der Waals surface area (Å²) in [5.41, 5.74) is 0. The van der Waals surface area contributed by atoms with Crippen LogP contribution < -0.4 is 10.0 Å². The van der Waals surface area contributed by atoms with Crippen LogP contribution in [0, 0.1) is 5.92 Å². The van der Waals surface area contributed by atoms with E-state index in [4.69, 9.17) is 0 Å². The minimum Gasteiger partial charge on any atom is -0.343 e. The average molecular weight is 276 g/mol. The molecule has 0 aliphatic carbocycles. The fourth-order valence-electron chi connectivity index (χ4n) is 1.37. The number of aliphatic imine (C=N–C) groups is 1. The second-order valence-corrected chi connectivity index (χ2v) is 7.49. The zero-order chi connectivity index (χ0) is 13.8. The molecular formula is C11H24N4O2S. The number of hydrogen-bond donors (Lipinski definition) is 2. The zero-order valence-electron chi connectivity index (χ0n) is 11.6. The number of guanidine groups is 1. The second kappa shape index (κ2) is 6.38. The highest BCUT2D eigenvalue weighted by Crippen LogP contribution is 2.03. The molecule has 0 aromatic heterocycles. The first-order chi connectivity index (χ1) is 8.31. The van der Waals surface area contributed by atoms with Crippen LogP contribution in [0.3, 0.4) is 0 Å². The Morgan fingerprint density at radius 1 is 1.39 bits per heavy atom. The van der Waals surface area contributed by atoms with E-state index in [9.17, 15) is 8.42 Å². The molecule has 2 N–H and O–H groups in total. The zero-order valence-corrected chi connectivity index (χ0v) is 12.4. The first kappa shape index (κ1) is 15.2. The molecule has 1 rings (SSSR count). The van der Waals surface area contributed by atoms with Crippen LogP contribution in [0.2, 0.25) is 0 Å². The summed E-state index contributed by atoms with van der Waals surface area (Å²) in [6, 6.07) is 0. The van der Waals surface area contributed by atoms with Gasteiger partial charge in [-0.15, -0.1) is 0 Å². The van der Waals surface area contributed by atoms with Crippen LogP contribution in [0.5, 0.6) is 0 Å². The molecule has 1 heterocycles. The molecule has 18 heavy (non-hydrogen) atoms. The minimum atomic E-state index is -3.30. The largest absolute Gasteiger partial charge is 0.343 e. The van der Waals surface area contributed by atoms with Crippen molar-refractivity contribution in [3.8, 4) is 0 Å². The van der Waals surface area contributed by atoms with Gasteiger partial charge in [0.2, 0.25) is 16.0 Å². The normalized spacial score (nSPS) is 17.8. The molecule has 0 aromatic rings. The van der Waals surface area contributed by atoms with Gasteiger partial charge in [-0.05, 0) is 26.2 Å². The van der Waals surface area contributed by atoms with Gasteiger partial charge in [-0.25, -0.2) is 13.4 Å². The summed E-state index contributed by atoms with van der Waals surface area (Å²) in [5, 5.41) is 2.53. The molecule has 0 spiro atoms. The van der Waals surface area contributed by atoms with Crippen LogP contribution in [-0.2, 0) is 10.0 Å². The van der Waals surface area contributed by atoms with Crippen LogP contribution in [-0.4, -0.2) is 44.4 Å². The lowest BCUT2D eigenvalue weighted by Gasteiger charge is -2.27. The third kappa shape index (κ3) is 4.81. The fraction of sp³-hybridized carbons (Fsp3) is 0.909. The average Bonchev–Trinajstić information content (AvgIpc) is 2.27. The van der Waals surface area contributed by atoms with E-state index in [-0.39, 0.29) is 0 Å². The smallest absolute Gasteiger partial charge is 0.237 e. The predicted molar refractivity (Wildman–Crippen MR) is 73.7 cm³/mol. The van der Waals surface area contributed by atoms with Crippen LogP contribution in [0.4, 0.5) is 0 Å². The van der Waals surface area contributed by atoms with Crippen molar-refractivity contribution in [1.82, 2.24) is 14.9 Å². The maximum absolute atomic E-state index is 11.6. The van der Waals surface area contributed by atoms with Crippen LogP contribution in [0.1, 0.15) is 34.1 Å². The molecule has 0 bridgehead atoms. The lowest BCUT2D eigenvalue weighted by molar-refractivity contribution is 0.248. The van der Waals surface area contributed by atoms with Crippen molar-refractivity contribution in [3.63, 3.8) is 0 Å². The molecule has 0 aromatic carbocycles. The highest BCUT2D eigenvalue weighted by molar-refractivity contribution is 7.90. The molecular weight excluding hydrogens is 252 g/mol. The van der Waals surface area contributed by atoms with Gasteiger partial charge in [0.15, 0.2) is 0 Å². The van der Waals surface area contributed by atoms with Gasteiger partial charge in [0, 0.05) is 6.54 Å². The van der Waals surface area contributed by atoms with Crippen molar-refractivity contribution in [2.24, 2.45) is 10.9 Å². The second-order valence-electron chi connectivity index (χ2n) is 5.26. The third-order valence-corrected chi connectivity index (χ3v) is 4.50. The predicted octanol–water partition coefficient (Wildman–Crippen LogP) is 0.537. The summed E-state index contributed by atoms with van der Waals surface area (Å²) in [6.07, 6.45) is 1.12. The minimum absolute atomic E-state index is 0.351. The van der Waals surface area contributed by atoms with E-state index >= 15 is 0 Å². The van der Waals surface area contributed by atoms with Crippen molar-refractivity contribution < 1.29 is 8.42 Å². The van der Waals surface area contributed by atoms with Gasteiger partial charge >= 0.3 is 0 Å². The summed E-state index contributed by atoms with van der Waals surface area (Å²) in [5.74, 6) is 1.01. The van der Waals surface area contributed by atoms with Crippen molar-refractivity contribution in [1.29, 1.82) is 0 Å². The SMILES string of the molecule is CC(C)CCN1CN=C(NS(=O)(=O)C(C)C)NC1. The Kier molecular flexibility index (Phi) is 5.40. The number of nitrogens with one attached hydrogen (secondary N) is 2. The van der Waals surface area contributed by atoms with Crippen LogP contribution in [0.15, 0.2) is 4.99 Å². The maximum Gasteiger partial charge on any atom is 0.237 e. The Morgan fingerprint density at radius 3 is 2.50 bits per heavy atom. The number of nitrogens with zero attached hydrogens (tertiary/aromatic N) is 2. The fourth-order valence-corrected chi connectivity index (χ4v) is 2.02. The topological polar surface area (TPSA) is 73.8 Å². The first-order valence-electron chi connectivity index (χ1n) is 6.33. The van der Waals surface area contributed by atoms with Gasteiger partial charge in [0.1, 0.15) is 0 Å². The maximum atomic E-state index is 11.6. The summed E-state index contributed by atoms with van der Waals surface area (Å²) >= 11 is 0. The van der Waals surface area contributed by atoms with Gasteiger partial charge < -0.3 is 5.32 Å². The quantitative estimate of drug-likeness (QED) is 0.768. The highest BCUT2D eigenvalue weighted by atomic mass is 32.2. The Bertz CT molecular complexity index is 390. The molecule has 1 aliphatic rings. The molecule has 0 radical (unpaired) electrons. The van der Waals surface area contributed by atoms with E-state index in [0.717, 1.165) is 13.0 Å². The molecule has 0 fully saturated rings. The summed E-state index contributed by atoms with van der Waals surface area (Å²) < 4.78 is 25.8. The molecule has 106 valence electrons. The number of rotatable bonds is 5. The Hall–Kier alpha value is -0.820. The van der Waals surface area contributed by atoms with Crippen molar-refractivity contribution in [2.75, 3.05) is 19.9 Å². The molecule has 6 nitrogen and oxygen atoms in total. The van der Waals surface area contributed by atoms with Gasteiger partial charge in [-0.3, -0.25) is 9.62 Å². The van der Waals surface area contributed by atoms with Crippen LogP contribution in [0.25, 0.3) is 0 Å². The van der Waals surface area contributed by atoms with E-state index in [1.807, 2.05) is 0 Å². The van der Waals surface area contributed by atoms with Gasteiger partial charge in [-0.1, -0.05) is 13.8 Å². The van der Waals surface area contributed by atoms with Crippen LogP contribution >= 0.6 is 0 Å². The molecule has 1 aliphatic heterocycles. The standard InChI is InChI=1S/C11H24N4O2S/c1-9(2)5-6-15-7-12-11(13-8-15)14-18(16,17)10(3)4/h9-10H,5-8H2,1-4H3,(H2,12,13,14). The van der Waals surface area contributed by atoms with E-state index in [1.54, 1.807) is 13.8 Å². The third-order valence-electron chi connectivity index (χ3n) is 2.78. The summed E-state index contributed by atoms with van der Waals surface area (Å²) in [7, 11) is -3.30. The highest BCUT2D eigenvalue weighted by Gasteiger charge is 2.20. The van der Waals surface area contributed by atoms with Gasteiger partial charge in [0.25, 0.3) is 0 Å². The van der Waals surface area contributed by atoms with E-state index < -0.39 is 15.3 Å². The lowest BCUT2D eigenvalue weighted by Crippen LogP contribution is -2.51. The van der Waals surface area contributed by atoms with E-state index in [1.165, 1.54) is 0 Å².